The van der Waals surface area contributed by atoms with Crippen LogP contribution in [0.4, 0.5) is 5.13 Å². The van der Waals surface area contributed by atoms with E-state index in [1.54, 1.807) is 24.3 Å². The van der Waals surface area contributed by atoms with Crippen molar-refractivity contribution in [1.29, 1.82) is 0 Å². The summed E-state index contributed by atoms with van der Waals surface area (Å²) in [6, 6.07) is 3.90. The van der Waals surface area contributed by atoms with Crippen LogP contribution in [0.15, 0.2) is 52.4 Å². The number of β-lactam (4-membered cyclic amide) rings is 1. The second-order valence-electron chi connectivity index (χ2n) is 10.5. The van der Waals surface area contributed by atoms with E-state index in [2.05, 4.69) is 35.8 Å². The van der Waals surface area contributed by atoms with Crippen molar-refractivity contribution in [2.75, 3.05) is 25.4 Å². The first kappa shape index (κ1) is 34.2. The number of nitrogen functional groups attached to an aromatic ring is 1. The van der Waals surface area contributed by atoms with Gasteiger partial charge in [-0.3, -0.25) is 23.8 Å². The predicted octanol–water partition coefficient (Wildman–Crippen LogP) is -1.77. The third-order valence-corrected chi connectivity index (χ3v) is 8.87. The molecule has 2 aliphatic heterocycles. The number of amidine groups is 1. The van der Waals surface area contributed by atoms with Gasteiger partial charge in [0.25, 0.3) is 17.9 Å². The highest BCUT2D eigenvalue weighted by atomic mass is 32.2. The van der Waals surface area contributed by atoms with E-state index in [-0.39, 0.29) is 27.7 Å². The number of aromatic nitrogens is 4. The van der Waals surface area contributed by atoms with Gasteiger partial charge in [0.05, 0.1) is 18.6 Å². The zero-order valence-electron chi connectivity index (χ0n) is 24.9. The molecule has 2 aromatic heterocycles. The summed E-state index contributed by atoms with van der Waals surface area (Å²) in [6.07, 6.45) is 2.47. The van der Waals surface area contributed by atoms with E-state index < -0.39 is 58.6 Å². The van der Waals surface area contributed by atoms with Gasteiger partial charge in [-0.25, -0.2) is 19.1 Å². The maximum Gasteiger partial charge on any atom is 0.362 e. The summed E-state index contributed by atoms with van der Waals surface area (Å²) in [5.74, 6) is -3.03. The van der Waals surface area contributed by atoms with E-state index >= 15 is 0 Å². The topological polar surface area (TPSA) is 292 Å². The maximum absolute atomic E-state index is 13.4. The number of carboxylic acids is 1. The Morgan fingerprint density at radius 3 is 2.56 bits per heavy atom. The van der Waals surface area contributed by atoms with Gasteiger partial charge in [0, 0.05) is 10.9 Å². The van der Waals surface area contributed by atoms with Crippen LogP contribution < -0.4 is 26.8 Å². The first-order chi connectivity index (χ1) is 22.9. The average Bonchev–Trinajstić information content (AvgIpc) is 3.73. The molecule has 0 radical (unpaired) electrons. The molecule has 2 aliphatic rings. The number of hydrogen-bond acceptors (Lipinski definition) is 15. The lowest BCUT2D eigenvalue weighted by molar-refractivity contribution is -0.152. The van der Waals surface area contributed by atoms with Crippen LogP contribution in [-0.4, -0.2) is 115 Å². The Morgan fingerprint density at radius 2 is 1.96 bits per heavy atom. The number of anilines is 1. The van der Waals surface area contributed by atoms with Crippen molar-refractivity contribution in [3.05, 3.63) is 53.6 Å². The zero-order valence-corrected chi connectivity index (χ0v) is 26.6. The highest BCUT2D eigenvalue weighted by Crippen LogP contribution is 2.25. The number of oxime groups is 1. The summed E-state index contributed by atoms with van der Waals surface area (Å²) in [5.41, 5.74) is 11.8. The van der Waals surface area contributed by atoms with Crippen molar-refractivity contribution in [2.24, 2.45) is 15.9 Å². The number of hydrogen-bond donors (Lipinski definition) is 6. The second-order valence-corrected chi connectivity index (χ2v) is 12.7. The summed E-state index contributed by atoms with van der Waals surface area (Å²) in [6.45, 7) is 0.947. The standard InChI is InChI=1S/C26H31N11O9S2/c27-22(32-15-5-7-29-8-6-15)14-1-3-16(4-2-14)45-10-19(25(40)41)46-35-20(17-11-47-26(28)33-17)23(38)34-21-18(9-36-13-30-12-31-36)37(24(21)39)48(42,43)44/h1-4,11-13,15,18-19,21,29H,5-10H2,(H2,27,32)(H2,28,33)(H,34,38)(H,40,41)(H,42,43,44). The van der Waals surface area contributed by atoms with Crippen LogP contribution in [0.1, 0.15) is 24.1 Å². The lowest BCUT2D eigenvalue weighted by Gasteiger charge is -2.43. The first-order valence-electron chi connectivity index (χ1n) is 14.3. The van der Waals surface area contributed by atoms with Gasteiger partial charge < -0.3 is 36.8 Å². The van der Waals surface area contributed by atoms with Crippen LogP contribution in [-0.2, 0) is 36.1 Å². The normalized spacial score (nSPS) is 19.8. The van der Waals surface area contributed by atoms with Crippen LogP contribution in [0, 0.1) is 0 Å². The Balaban J connectivity index is 1.27. The van der Waals surface area contributed by atoms with Crippen LogP contribution in [0.3, 0.4) is 0 Å². The highest BCUT2D eigenvalue weighted by molar-refractivity contribution is 7.84. The SMILES string of the molecule is NC(=NC1CCNCC1)c1ccc(OCC(ON=C(C(=O)NC2C(=O)N(S(=O)(=O)O)C2Cn2cncn2)c2csc(N)n2)C(=O)O)cc1. The van der Waals surface area contributed by atoms with E-state index in [0.717, 1.165) is 37.3 Å². The first-order valence-corrected chi connectivity index (χ1v) is 16.6. The second kappa shape index (κ2) is 14.7. The number of ether oxygens (including phenoxy) is 1. The summed E-state index contributed by atoms with van der Waals surface area (Å²) < 4.78 is 40.2. The Labute approximate surface area is 276 Å². The minimum atomic E-state index is -4.98. The summed E-state index contributed by atoms with van der Waals surface area (Å²) in [7, 11) is -4.98. The van der Waals surface area contributed by atoms with Crippen molar-refractivity contribution < 1.29 is 42.0 Å². The van der Waals surface area contributed by atoms with Gasteiger partial charge in [0.1, 0.15) is 42.6 Å². The minimum Gasteiger partial charge on any atom is -0.489 e. The number of nitrogens with one attached hydrogen (secondary N) is 2. The highest BCUT2D eigenvalue weighted by Gasteiger charge is 2.54. The van der Waals surface area contributed by atoms with Crippen LogP contribution in [0.5, 0.6) is 5.75 Å². The molecule has 8 N–H and O–H groups in total. The molecule has 2 fully saturated rings. The lowest BCUT2D eigenvalue weighted by Crippen LogP contribution is -2.73. The molecule has 256 valence electrons. The number of amides is 2. The van der Waals surface area contributed by atoms with Gasteiger partial charge in [-0.1, -0.05) is 5.16 Å². The number of rotatable bonds is 14. The monoisotopic (exact) mass is 705 g/mol. The number of nitrogens with zero attached hydrogens (tertiary/aromatic N) is 7. The number of carbonyl (C=O) groups is 3. The molecule has 2 amide bonds. The predicted molar refractivity (Wildman–Crippen MR) is 168 cm³/mol. The van der Waals surface area contributed by atoms with Gasteiger partial charge in [0.2, 0.25) is 0 Å². The Hall–Kier alpha value is -5.19. The molecular weight excluding hydrogens is 674 g/mol. The number of piperidine rings is 1. The van der Waals surface area contributed by atoms with Crippen LogP contribution in [0.2, 0.25) is 0 Å². The van der Waals surface area contributed by atoms with E-state index in [0.29, 0.717) is 17.1 Å². The van der Waals surface area contributed by atoms with E-state index in [4.69, 9.17) is 21.0 Å². The number of aliphatic carboxylic acids is 1. The smallest absolute Gasteiger partial charge is 0.362 e. The molecule has 0 spiro atoms. The zero-order chi connectivity index (χ0) is 34.4. The fraction of sp³-hybridized carbons (Fsp3) is 0.385. The van der Waals surface area contributed by atoms with E-state index in [9.17, 15) is 32.5 Å². The number of carboxylic acid groups (broad SMARTS) is 1. The molecule has 0 aliphatic carbocycles. The minimum absolute atomic E-state index is 0.0369. The molecule has 3 unspecified atom stereocenters. The van der Waals surface area contributed by atoms with Crippen molar-refractivity contribution in [3.8, 4) is 5.75 Å². The quantitative estimate of drug-likeness (QED) is 0.0355. The van der Waals surface area contributed by atoms with Crippen molar-refractivity contribution >= 4 is 56.1 Å². The third-order valence-electron chi connectivity index (χ3n) is 7.25. The molecule has 2 saturated heterocycles. The Bertz CT molecular complexity index is 1790. The van der Waals surface area contributed by atoms with E-state index in [1.807, 2.05) is 0 Å². The summed E-state index contributed by atoms with van der Waals surface area (Å²) >= 11 is 0.940. The Morgan fingerprint density at radius 1 is 1.23 bits per heavy atom. The van der Waals surface area contributed by atoms with E-state index in [1.165, 1.54) is 22.7 Å². The molecule has 5 rings (SSSR count). The summed E-state index contributed by atoms with van der Waals surface area (Å²) in [4.78, 5) is 55.5. The van der Waals surface area contributed by atoms with Gasteiger partial charge in [-0.05, 0) is 50.2 Å². The van der Waals surface area contributed by atoms with Gasteiger partial charge in [-0.15, -0.1) is 11.3 Å². The molecule has 48 heavy (non-hydrogen) atoms. The van der Waals surface area contributed by atoms with Crippen molar-refractivity contribution in [3.63, 3.8) is 0 Å². The molecule has 3 aromatic rings. The van der Waals surface area contributed by atoms with Gasteiger partial charge in [-0.2, -0.15) is 13.5 Å². The number of thiazole rings is 1. The number of carbonyl (C=O) groups excluding carboxylic acids is 2. The molecule has 22 heteroatoms. The maximum atomic E-state index is 13.4. The Kier molecular flexibility index (Phi) is 10.5. The third kappa shape index (κ3) is 8.20. The molecule has 0 bridgehead atoms. The summed E-state index contributed by atoms with van der Waals surface area (Å²) in [5, 5.41) is 24.3. The molecule has 1 aromatic carbocycles. The number of benzene rings is 1. The molecule has 4 heterocycles. The van der Waals surface area contributed by atoms with Gasteiger partial charge in [0.15, 0.2) is 10.8 Å². The molecule has 3 atom stereocenters. The fourth-order valence-electron chi connectivity index (χ4n) is 4.83. The average molecular weight is 706 g/mol. The van der Waals surface area contributed by atoms with Crippen LogP contribution in [0.25, 0.3) is 0 Å². The van der Waals surface area contributed by atoms with Crippen molar-refractivity contribution in [1.82, 2.24) is 34.7 Å². The number of nitrogens with two attached hydrogens (primary N) is 2. The largest absolute Gasteiger partial charge is 0.489 e. The molecule has 20 nitrogen and oxygen atoms in total. The van der Waals surface area contributed by atoms with Crippen LogP contribution >= 0.6 is 11.3 Å². The van der Waals surface area contributed by atoms with Crippen molar-refractivity contribution in [2.45, 2.75) is 43.6 Å². The molecular formula is C26H31N11O9S2. The lowest BCUT2D eigenvalue weighted by atomic mass is 9.98. The molecule has 0 saturated carbocycles. The number of aliphatic imine (C=N–C) groups is 1. The fourth-order valence-corrected chi connectivity index (χ4v) is 6.25. The van der Waals surface area contributed by atoms with Gasteiger partial charge >= 0.3 is 16.3 Å².